The fraction of sp³-hybridized carbons (Fsp3) is 0.391. The normalized spacial score (nSPS) is 16.3. The van der Waals surface area contributed by atoms with Crippen LogP contribution in [0.2, 0.25) is 0 Å². The largest absolute Gasteiger partial charge is 0.497 e. The van der Waals surface area contributed by atoms with Gasteiger partial charge in [0, 0.05) is 26.2 Å². The zero-order valence-electron chi connectivity index (χ0n) is 18.0. The summed E-state index contributed by atoms with van der Waals surface area (Å²) in [7, 11) is 1.59. The number of hydrogen-bond acceptors (Lipinski definition) is 7. The zero-order valence-corrected chi connectivity index (χ0v) is 18.0. The lowest BCUT2D eigenvalue weighted by Gasteiger charge is -2.34. The molecule has 2 aromatic rings. The van der Waals surface area contributed by atoms with E-state index in [4.69, 9.17) is 18.9 Å². The zero-order chi connectivity index (χ0) is 22.3. The van der Waals surface area contributed by atoms with E-state index in [-0.39, 0.29) is 25.9 Å². The lowest BCUT2D eigenvalue weighted by atomic mass is 10.0. The van der Waals surface area contributed by atoms with E-state index in [1.165, 1.54) is 0 Å². The molecule has 1 atom stereocenters. The van der Waals surface area contributed by atoms with Gasteiger partial charge in [0.15, 0.2) is 11.5 Å². The molecule has 170 valence electrons. The van der Waals surface area contributed by atoms with Gasteiger partial charge in [-0.3, -0.25) is 14.5 Å². The SMILES string of the molecule is COc1ccc(CNC(=O)C(=O)NC[C@H](c2ccc3c(c2)OCO3)N2CCOCC2)cc1. The van der Waals surface area contributed by atoms with Gasteiger partial charge in [0.25, 0.3) is 0 Å². The van der Waals surface area contributed by atoms with Crippen LogP contribution in [0, 0.1) is 0 Å². The van der Waals surface area contributed by atoms with Gasteiger partial charge in [0.05, 0.1) is 26.4 Å². The molecular formula is C23H27N3O6. The van der Waals surface area contributed by atoms with Gasteiger partial charge in [-0.15, -0.1) is 0 Å². The third kappa shape index (κ3) is 5.30. The minimum Gasteiger partial charge on any atom is -0.497 e. The van der Waals surface area contributed by atoms with Crippen LogP contribution in [0.15, 0.2) is 42.5 Å². The van der Waals surface area contributed by atoms with Crippen LogP contribution in [0.25, 0.3) is 0 Å². The number of benzene rings is 2. The Balaban J connectivity index is 1.36. The number of carbonyl (C=O) groups excluding carboxylic acids is 2. The summed E-state index contributed by atoms with van der Waals surface area (Å²) in [5.74, 6) is 0.779. The van der Waals surface area contributed by atoms with Gasteiger partial charge in [0.1, 0.15) is 5.75 Å². The first-order valence-electron chi connectivity index (χ1n) is 10.5. The molecule has 2 N–H and O–H groups in total. The summed E-state index contributed by atoms with van der Waals surface area (Å²) in [5, 5.41) is 5.43. The Bertz CT molecular complexity index is 943. The highest BCUT2D eigenvalue weighted by molar-refractivity contribution is 6.35. The first-order valence-corrected chi connectivity index (χ1v) is 10.5. The van der Waals surface area contributed by atoms with E-state index in [0.29, 0.717) is 24.7 Å². The molecule has 0 unspecified atom stereocenters. The molecule has 4 rings (SSSR count). The minimum absolute atomic E-state index is 0.119. The van der Waals surface area contributed by atoms with Gasteiger partial charge >= 0.3 is 11.8 Å². The standard InChI is InChI=1S/C23H27N3O6/c1-29-18-5-2-16(3-6-18)13-24-22(27)23(28)25-14-19(26-8-10-30-11-9-26)17-4-7-20-21(12-17)32-15-31-20/h2-7,12,19H,8-11,13-15H2,1H3,(H,24,27)(H,25,28)/t19-/m1/s1. The number of fused-ring (bicyclic) bond motifs is 1. The summed E-state index contributed by atoms with van der Waals surface area (Å²) in [5.41, 5.74) is 1.86. The fourth-order valence-electron chi connectivity index (χ4n) is 3.74. The van der Waals surface area contributed by atoms with Crippen molar-refractivity contribution in [2.75, 3.05) is 46.8 Å². The van der Waals surface area contributed by atoms with Crippen molar-refractivity contribution in [1.82, 2.24) is 15.5 Å². The summed E-state index contributed by atoms with van der Waals surface area (Å²) in [6, 6.07) is 12.9. The molecule has 9 heteroatoms. The second kappa shape index (κ2) is 10.3. The second-order valence-corrected chi connectivity index (χ2v) is 7.52. The van der Waals surface area contributed by atoms with E-state index in [1.54, 1.807) is 19.2 Å². The van der Waals surface area contributed by atoms with Gasteiger partial charge in [-0.05, 0) is 35.4 Å². The lowest BCUT2D eigenvalue weighted by Crippen LogP contribution is -2.46. The van der Waals surface area contributed by atoms with E-state index >= 15 is 0 Å². The Morgan fingerprint density at radius 2 is 1.72 bits per heavy atom. The highest BCUT2D eigenvalue weighted by Gasteiger charge is 2.26. The van der Waals surface area contributed by atoms with Crippen molar-refractivity contribution in [3.8, 4) is 17.2 Å². The third-order valence-corrected chi connectivity index (χ3v) is 5.54. The second-order valence-electron chi connectivity index (χ2n) is 7.52. The van der Waals surface area contributed by atoms with Crippen LogP contribution in [-0.2, 0) is 20.9 Å². The molecule has 0 aliphatic carbocycles. The summed E-state index contributed by atoms with van der Waals surface area (Å²) in [4.78, 5) is 27.0. The molecule has 32 heavy (non-hydrogen) atoms. The van der Waals surface area contributed by atoms with Crippen LogP contribution in [-0.4, -0.2) is 63.5 Å². The molecule has 2 aromatic carbocycles. The van der Waals surface area contributed by atoms with Gasteiger partial charge in [0.2, 0.25) is 6.79 Å². The Labute approximate surface area is 186 Å². The van der Waals surface area contributed by atoms with E-state index in [2.05, 4.69) is 15.5 Å². The highest BCUT2D eigenvalue weighted by atomic mass is 16.7. The van der Waals surface area contributed by atoms with Crippen molar-refractivity contribution in [2.24, 2.45) is 0 Å². The first kappa shape index (κ1) is 21.9. The van der Waals surface area contributed by atoms with Crippen molar-refractivity contribution >= 4 is 11.8 Å². The molecule has 1 saturated heterocycles. The number of nitrogens with zero attached hydrogens (tertiary/aromatic N) is 1. The molecule has 0 bridgehead atoms. The van der Waals surface area contributed by atoms with E-state index in [0.717, 1.165) is 30.0 Å². The van der Waals surface area contributed by atoms with Crippen molar-refractivity contribution in [1.29, 1.82) is 0 Å². The Morgan fingerprint density at radius 3 is 2.47 bits per heavy atom. The van der Waals surface area contributed by atoms with Gasteiger partial charge < -0.3 is 29.6 Å². The van der Waals surface area contributed by atoms with Crippen molar-refractivity contribution in [3.63, 3.8) is 0 Å². The van der Waals surface area contributed by atoms with Crippen molar-refractivity contribution < 1.29 is 28.5 Å². The molecule has 0 radical (unpaired) electrons. The average molecular weight is 441 g/mol. The van der Waals surface area contributed by atoms with Crippen LogP contribution in [0.3, 0.4) is 0 Å². The summed E-state index contributed by atoms with van der Waals surface area (Å²) in [6.45, 7) is 3.46. The topological polar surface area (TPSA) is 98.4 Å². The maximum absolute atomic E-state index is 12.4. The summed E-state index contributed by atoms with van der Waals surface area (Å²) >= 11 is 0. The molecule has 2 aliphatic rings. The number of methoxy groups -OCH3 is 1. The quantitative estimate of drug-likeness (QED) is 0.624. The van der Waals surface area contributed by atoms with Gasteiger partial charge in [-0.1, -0.05) is 18.2 Å². The smallest absolute Gasteiger partial charge is 0.309 e. The summed E-state index contributed by atoms with van der Waals surface area (Å²) in [6.07, 6.45) is 0. The van der Waals surface area contributed by atoms with Gasteiger partial charge in [-0.25, -0.2) is 0 Å². The predicted molar refractivity (Wildman–Crippen MR) is 116 cm³/mol. The number of morpholine rings is 1. The molecule has 2 aliphatic heterocycles. The lowest BCUT2D eigenvalue weighted by molar-refractivity contribution is -0.139. The van der Waals surface area contributed by atoms with Crippen LogP contribution in [0.4, 0.5) is 0 Å². The first-order chi connectivity index (χ1) is 15.6. The van der Waals surface area contributed by atoms with Crippen molar-refractivity contribution in [2.45, 2.75) is 12.6 Å². The number of carbonyl (C=O) groups is 2. The number of rotatable bonds is 7. The van der Waals surface area contributed by atoms with E-state index < -0.39 is 11.8 Å². The highest BCUT2D eigenvalue weighted by Crippen LogP contribution is 2.35. The molecule has 0 saturated carbocycles. The molecule has 0 spiro atoms. The Hall–Kier alpha value is -3.30. The molecule has 2 amide bonds. The predicted octanol–water partition coefficient (Wildman–Crippen LogP) is 1.23. The Kier molecular flexibility index (Phi) is 7.08. The maximum atomic E-state index is 12.4. The number of hydrogen-bond donors (Lipinski definition) is 2. The summed E-state index contributed by atoms with van der Waals surface area (Å²) < 4.78 is 21.5. The van der Waals surface area contributed by atoms with Crippen LogP contribution in [0.5, 0.6) is 17.2 Å². The maximum Gasteiger partial charge on any atom is 0.309 e. The molecule has 9 nitrogen and oxygen atoms in total. The van der Waals surface area contributed by atoms with Crippen LogP contribution >= 0.6 is 0 Å². The number of nitrogens with one attached hydrogen (secondary N) is 2. The number of ether oxygens (including phenoxy) is 4. The van der Waals surface area contributed by atoms with E-state index in [1.807, 2.05) is 30.3 Å². The average Bonchev–Trinajstić information content (AvgIpc) is 3.31. The molecular weight excluding hydrogens is 414 g/mol. The molecule has 1 fully saturated rings. The van der Waals surface area contributed by atoms with Crippen LogP contribution < -0.4 is 24.8 Å². The molecule has 2 heterocycles. The van der Waals surface area contributed by atoms with Crippen LogP contribution in [0.1, 0.15) is 17.2 Å². The third-order valence-electron chi connectivity index (χ3n) is 5.54. The number of amides is 2. The molecule has 0 aromatic heterocycles. The minimum atomic E-state index is -0.674. The van der Waals surface area contributed by atoms with Gasteiger partial charge in [-0.2, -0.15) is 0 Å². The Morgan fingerprint density at radius 1 is 1.00 bits per heavy atom. The van der Waals surface area contributed by atoms with Crippen molar-refractivity contribution in [3.05, 3.63) is 53.6 Å². The monoisotopic (exact) mass is 441 g/mol. The fourth-order valence-corrected chi connectivity index (χ4v) is 3.74. The van der Waals surface area contributed by atoms with E-state index in [9.17, 15) is 9.59 Å².